The summed E-state index contributed by atoms with van der Waals surface area (Å²) in [6.07, 6.45) is 3.50. The van der Waals surface area contributed by atoms with E-state index >= 15 is 0 Å². The molecule has 19 heavy (non-hydrogen) atoms. The molecular formula is C12H17N3O4. The molecular weight excluding hydrogens is 250 g/mol. The van der Waals surface area contributed by atoms with Crippen LogP contribution >= 0.6 is 0 Å². The minimum atomic E-state index is -0.518. The Balaban J connectivity index is 2.23. The van der Waals surface area contributed by atoms with Crippen LogP contribution in [-0.4, -0.2) is 29.2 Å². The number of aromatic nitrogens is 1. The van der Waals surface area contributed by atoms with Crippen LogP contribution in [0.5, 0.6) is 11.8 Å². The third-order valence-electron chi connectivity index (χ3n) is 3.24. The predicted molar refractivity (Wildman–Crippen MR) is 68.3 cm³/mol. The molecule has 0 saturated heterocycles. The molecule has 0 radical (unpaired) electrons. The maximum Gasteiger partial charge on any atom is 0.331 e. The zero-order valence-corrected chi connectivity index (χ0v) is 10.7. The maximum atomic E-state index is 11.0. The fourth-order valence-electron chi connectivity index (χ4n) is 2.17. The van der Waals surface area contributed by atoms with Crippen molar-refractivity contribution in [3.63, 3.8) is 0 Å². The third-order valence-corrected chi connectivity index (χ3v) is 3.24. The van der Waals surface area contributed by atoms with Crippen molar-refractivity contribution in [2.75, 3.05) is 7.11 Å². The summed E-state index contributed by atoms with van der Waals surface area (Å²) in [6, 6.07) is 2.66. The molecule has 1 aliphatic carbocycles. The van der Waals surface area contributed by atoms with E-state index in [0.29, 0.717) is 0 Å². The van der Waals surface area contributed by atoms with Crippen LogP contribution in [0.4, 0.5) is 5.69 Å². The van der Waals surface area contributed by atoms with E-state index in [-0.39, 0.29) is 29.6 Å². The number of rotatable bonds is 4. The van der Waals surface area contributed by atoms with E-state index in [1.807, 2.05) is 0 Å². The zero-order chi connectivity index (χ0) is 13.8. The first-order valence-electron chi connectivity index (χ1n) is 6.23. The minimum Gasteiger partial charge on any atom is -0.481 e. The number of nitrogens with zero attached hydrogens (tertiary/aromatic N) is 2. The molecule has 1 aromatic rings. The molecule has 0 amide bonds. The topological polar surface area (TPSA) is 101 Å². The molecule has 1 aromatic heterocycles. The highest BCUT2D eigenvalue weighted by molar-refractivity contribution is 5.43. The van der Waals surface area contributed by atoms with Crippen molar-refractivity contribution >= 4 is 5.69 Å². The summed E-state index contributed by atoms with van der Waals surface area (Å²) >= 11 is 0. The van der Waals surface area contributed by atoms with Crippen molar-refractivity contribution in [3.05, 3.63) is 22.2 Å². The normalized spacial score (nSPS) is 22.8. The van der Waals surface area contributed by atoms with Crippen LogP contribution in [0.25, 0.3) is 0 Å². The summed E-state index contributed by atoms with van der Waals surface area (Å²) in [7, 11) is 1.45. The molecule has 1 fully saturated rings. The number of pyridine rings is 1. The van der Waals surface area contributed by atoms with Crippen LogP contribution in [0.2, 0.25) is 0 Å². The lowest BCUT2D eigenvalue weighted by atomic mass is 9.93. The monoisotopic (exact) mass is 267 g/mol. The Kier molecular flexibility index (Phi) is 4.16. The van der Waals surface area contributed by atoms with Gasteiger partial charge in [0.2, 0.25) is 5.88 Å². The highest BCUT2D eigenvalue weighted by atomic mass is 16.6. The SMILES string of the molecule is COc1ccc([N+](=O)[O-])c(OC2CCCCC2N)n1. The lowest BCUT2D eigenvalue weighted by Crippen LogP contribution is -2.41. The largest absolute Gasteiger partial charge is 0.481 e. The van der Waals surface area contributed by atoms with Crippen molar-refractivity contribution in [2.45, 2.75) is 37.8 Å². The number of nitrogens with two attached hydrogens (primary N) is 1. The summed E-state index contributed by atoms with van der Waals surface area (Å²) in [5.41, 5.74) is 5.80. The van der Waals surface area contributed by atoms with Gasteiger partial charge in [0.25, 0.3) is 5.88 Å². The Bertz CT molecular complexity index is 466. The van der Waals surface area contributed by atoms with Crippen LogP contribution in [0.15, 0.2) is 12.1 Å². The van der Waals surface area contributed by atoms with Crippen LogP contribution in [0.3, 0.4) is 0 Å². The highest BCUT2D eigenvalue weighted by Gasteiger charge is 2.27. The lowest BCUT2D eigenvalue weighted by Gasteiger charge is -2.28. The first-order chi connectivity index (χ1) is 9.11. The molecule has 2 unspecified atom stereocenters. The van der Waals surface area contributed by atoms with E-state index in [9.17, 15) is 10.1 Å². The Hall–Kier alpha value is -1.89. The minimum absolute atomic E-state index is 0.0216. The van der Waals surface area contributed by atoms with Gasteiger partial charge in [-0.2, -0.15) is 4.98 Å². The van der Waals surface area contributed by atoms with E-state index in [4.69, 9.17) is 15.2 Å². The quantitative estimate of drug-likeness (QED) is 0.657. The maximum absolute atomic E-state index is 11.0. The standard InChI is InChI=1S/C12H17N3O4/c1-18-11-7-6-9(15(16)17)12(14-11)19-10-5-3-2-4-8(10)13/h6-8,10H,2-5,13H2,1H3. The van der Waals surface area contributed by atoms with Gasteiger partial charge in [-0.3, -0.25) is 10.1 Å². The van der Waals surface area contributed by atoms with Gasteiger partial charge in [-0.1, -0.05) is 6.42 Å². The molecule has 0 aromatic carbocycles. The average molecular weight is 267 g/mol. The Morgan fingerprint density at radius 1 is 1.42 bits per heavy atom. The smallest absolute Gasteiger partial charge is 0.331 e. The molecule has 2 N–H and O–H groups in total. The van der Waals surface area contributed by atoms with Gasteiger partial charge in [-0.15, -0.1) is 0 Å². The van der Waals surface area contributed by atoms with Gasteiger partial charge < -0.3 is 15.2 Å². The number of methoxy groups -OCH3 is 1. The summed E-state index contributed by atoms with van der Waals surface area (Å²) in [5.74, 6) is 0.261. The van der Waals surface area contributed by atoms with Gasteiger partial charge in [0.1, 0.15) is 6.10 Å². The van der Waals surface area contributed by atoms with Crippen LogP contribution in [0, 0.1) is 10.1 Å². The first kappa shape index (κ1) is 13.5. The van der Waals surface area contributed by atoms with Crippen LogP contribution < -0.4 is 15.2 Å². The number of ether oxygens (including phenoxy) is 2. The fourth-order valence-corrected chi connectivity index (χ4v) is 2.17. The van der Waals surface area contributed by atoms with E-state index in [1.54, 1.807) is 0 Å². The van der Waals surface area contributed by atoms with Crippen molar-refractivity contribution in [2.24, 2.45) is 5.73 Å². The molecule has 1 aliphatic rings. The summed E-state index contributed by atoms with van der Waals surface area (Å²) in [5, 5.41) is 11.0. The highest BCUT2D eigenvalue weighted by Crippen LogP contribution is 2.30. The Labute approximate surface area is 110 Å². The van der Waals surface area contributed by atoms with Crippen molar-refractivity contribution in [3.8, 4) is 11.8 Å². The summed E-state index contributed by atoms with van der Waals surface area (Å²) in [4.78, 5) is 14.4. The van der Waals surface area contributed by atoms with Crippen LogP contribution in [0.1, 0.15) is 25.7 Å². The van der Waals surface area contributed by atoms with E-state index in [0.717, 1.165) is 25.7 Å². The molecule has 104 valence electrons. The predicted octanol–water partition coefficient (Wildman–Crippen LogP) is 1.65. The Morgan fingerprint density at radius 2 is 2.16 bits per heavy atom. The second-order valence-electron chi connectivity index (χ2n) is 4.54. The molecule has 1 saturated carbocycles. The summed E-state index contributed by atoms with van der Waals surface area (Å²) < 4.78 is 10.6. The molecule has 1 heterocycles. The summed E-state index contributed by atoms with van der Waals surface area (Å²) in [6.45, 7) is 0. The zero-order valence-electron chi connectivity index (χ0n) is 10.7. The Morgan fingerprint density at radius 3 is 2.79 bits per heavy atom. The molecule has 7 nitrogen and oxygen atoms in total. The molecule has 0 aliphatic heterocycles. The number of hydrogen-bond donors (Lipinski definition) is 1. The number of hydrogen-bond acceptors (Lipinski definition) is 6. The lowest BCUT2D eigenvalue weighted by molar-refractivity contribution is -0.386. The molecule has 0 spiro atoms. The fraction of sp³-hybridized carbons (Fsp3) is 0.583. The van der Waals surface area contributed by atoms with E-state index in [2.05, 4.69) is 4.98 Å². The third kappa shape index (κ3) is 3.11. The average Bonchev–Trinajstić information content (AvgIpc) is 2.41. The molecule has 0 bridgehead atoms. The van der Waals surface area contributed by atoms with Gasteiger partial charge in [-0.25, -0.2) is 0 Å². The molecule has 2 rings (SSSR count). The van der Waals surface area contributed by atoms with Gasteiger partial charge in [0, 0.05) is 18.2 Å². The second kappa shape index (κ2) is 5.83. The van der Waals surface area contributed by atoms with Gasteiger partial charge >= 0.3 is 5.69 Å². The van der Waals surface area contributed by atoms with Gasteiger partial charge in [-0.05, 0) is 19.3 Å². The van der Waals surface area contributed by atoms with Crippen LogP contribution in [-0.2, 0) is 0 Å². The van der Waals surface area contributed by atoms with Gasteiger partial charge in [0.15, 0.2) is 0 Å². The van der Waals surface area contributed by atoms with Crippen molar-refractivity contribution < 1.29 is 14.4 Å². The molecule has 7 heteroatoms. The second-order valence-corrected chi connectivity index (χ2v) is 4.54. The molecule has 2 atom stereocenters. The van der Waals surface area contributed by atoms with Gasteiger partial charge in [0.05, 0.1) is 12.0 Å². The van der Waals surface area contributed by atoms with Crippen molar-refractivity contribution in [1.82, 2.24) is 4.98 Å². The van der Waals surface area contributed by atoms with Crippen molar-refractivity contribution in [1.29, 1.82) is 0 Å². The van der Waals surface area contributed by atoms with E-state index in [1.165, 1.54) is 19.2 Å². The first-order valence-corrected chi connectivity index (χ1v) is 6.23. The number of nitro groups is 1. The van der Waals surface area contributed by atoms with E-state index < -0.39 is 4.92 Å².